The van der Waals surface area contributed by atoms with Crippen molar-refractivity contribution < 1.29 is 31.8 Å². The molecule has 0 radical (unpaired) electrons. The van der Waals surface area contributed by atoms with E-state index >= 15 is 0 Å². The number of ether oxygens (including phenoxy) is 2. The molecule has 0 bridgehead atoms. The van der Waals surface area contributed by atoms with Crippen molar-refractivity contribution in [2.45, 2.75) is 46.8 Å². The molecule has 0 heterocycles. The van der Waals surface area contributed by atoms with Crippen LogP contribution in [0.5, 0.6) is 0 Å². The van der Waals surface area contributed by atoms with E-state index in [-0.39, 0.29) is 11.3 Å². The van der Waals surface area contributed by atoms with E-state index in [4.69, 9.17) is 8.92 Å². The van der Waals surface area contributed by atoms with E-state index in [1.54, 1.807) is 0 Å². The van der Waals surface area contributed by atoms with E-state index < -0.39 is 33.2 Å². The van der Waals surface area contributed by atoms with E-state index in [1.165, 1.54) is 19.2 Å². The zero-order valence-corrected chi connectivity index (χ0v) is 18.5. The number of nitro groups is 1. The fourth-order valence-corrected chi connectivity index (χ4v) is 2.30. The topological polar surface area (TPSA) is 122 Å². The van der Waals surface area contributed by atoms with Crippen molar-refractivity contribution >= 4 is 21.8 Å². The van der Waals surface area contributed by atoms with Crippen molar-refractivity contribution in [2.24, 2.45) is 5.92 Å². The largest absolute Gasteiger partial charge is 0.467 e. The lowest BCUT2D eigenvalue weighted by atomic mass is 10.0. The van der Waals surface area contributed by atoms with Gasteiger partial charge in [-0.05, 0) is 23.6 Å². The third kappa shape index (κ3) is 11.6. The lowest BCUT2D eigenvalue weighted by molar-refractivity contribution is -0.384. The molecule has 2 atom stereocenters. The van der Waals surface area contributed by atoms with E-state index in [9.17, 15) is 23.3 Å². The molecular weight excluding hydrogens is 390 g/mol. The second-order valence-electron chi connectivity index (χ2n) is 5.98. The van der Waals surface area contributed by atoms with Crippen LogP contribution in [0, 0.1) is 16.0 Å². The predicted molar refractivity (Wildman–Crippen MR) is 106 cm³/mol. The molecule has 162 valence electrons. The lowest BCUT2D eigenvalue weighted by Gasteiger charge is -2.23. The minimum Gasteiger partial charge on any atom is -0.467 e. The molecular formula is C18H31NO8S. The highest BCUT2D eigenvalue weighted by Gasteiger charge is 2.34. The third-order valence-corrected chi connectivity index (χ3v) is 3.23. The van der Waals surface area contributed by atoms with Crippen LogP contribution in [0.1, 0.15) is 46.3 Å². The van der Waals surface area contributed by atoms with Crippen molar-refractivity contribution in [1.82, 2.24) is 0 Å². The molecule has 0 spiro atoms. The first kappa shape index (κ1) is 28.2. The molecule has 10 heteroatoms. The summed E-state index contributed by atoms with van der Waals surface area (Å²) < 4.78 is 37.1. The molecule has 0 aliphatic rings. The maximum atomic E-state index is 11.7. The molecule has 0 aliphatic carbocycles. The summed E-state index contributed by atoms with van der Waals surface area (Å²) in [4.78, 5) is 21.7. The normalized spacial score (nSPS) is 12.6. The molecule has 0 aromatic heterocycles. The first-order valence-corrected chi connectivity index (χ1v) is 10.5. The minimum absolute atomic E-state index is 0.186. The standard InChI is InChI=1S/C12H15NO8S.C4H10.C2H6/c1-19-11(12(14)20-2)10(21-22(3,17)18)8-4-6-9(7-5-8)13(15)16;1-4(2)3;1-2/h4-7,10-11H,1-3H3;4H,1-3H3;1-2H3. The third-order valence-electron chi connectivity index (χ3n) is 2.67. The molecule has 0 fully saturated rings. The van der Waals surface area contributed by atoms with Gasteiger partial charge in [-0.25, -0.2) is 4.79 Å². The van der Waals surface area contributed by atoms with Gasteiger partial charge in [0, 0.05) is 19.2 Å². The summed E-state index contributed by atoms with van der Waals surface area (Å²) >= 11 is 0. The Morgan fingerprint density at radius 2 is 1.50 bits per heavy atom. The number of hydrogen-bond acceptors (Lipinski definition) is 8. The second-order valence-corrected chi connectivity index (χ2v) is 7.58. The van der Waals surface area contributed by atoms with Crippen LogP contribution in [0.4, 0.5) is 5.69 Å². The Bertz CT molecular complexity index is 683. The number of rotatable bonds is 7. The Kier molecular flexibility index (Phi) is 14.1. The van der Waals surface area contributed by atoms with Crippen LogP contribution in [0.3, 0.4) is 0 Å². The van der Waals surface area contributed by atoms with Crippen LogP contribution in [-0.4, -0.2) is 45.9 Å². The maximum absolute atomic E-state index is 11.7. The quantitative estimate of drug-likeness (QED) is 0.284. The second kappa shape index (κ2) is 14.0. The highest BCUT2D eigenvalue weighted by Crippen LogP contribution is 2.27. The fraction of sp³-hybridized carbons (Fsp3) is 0.611. The van der Waals surface area contributed by atoms with Gasteiger partial charge in [0.15, 0.2) is 6.10 Å². The number of nitro benzene ring substituents is 1. The van der Waals surface area contributed by atoms with E-state index in [0.717, 1.165) is 31.4 Å². The minimum atomic E-state index is -3.92. The highest BCUT2D eigenvalue weighted by atomic mass is 32.2. The lowest BCUT2D eigenvalue weighted by Crippen LogP contribution is -2.34. The average Bonchev–Trinajstić information content (AvgIpc) is 2.61. The van der Waals surface area contributed by atoms with Crippen molar-refractivity contribution in [2.75, 3.05) is 20.5 Å². The SMILES string of the molecule is CC.CC(C)C.COC(=O)C(OC)C(OS(C)(=O)=O)c1ccc([N+](=O)[O-])cc1. The number of hydrogen-bond donors (Lipinski definition) is 0. The van der Waals surface area contributed by atoms with Gasteiger partial charge < -0.3 is 9.47 Å². The molecule has 0 saturated heterocycles. The van der Waals surface area contributed by atoms with Crippen LogP contribution < -0.4 is 0 Å². The first-order valence-electron chi connectivity index (χ1n) is 8.66. The van der Waals surface area contributed by atoms with Gasteiger partial charge in [0.1, 0.15) is 6.10 Å². The zero-order valence-electron chi connectivity index (χ0n) is 17.7. The molecule has 1 aromatic rings. The first-order chi connectivity index (χ1) is 12.9. The molecule has 2 unspecified atom stereocenters. The van der Waals surface area contributed by atoms with Gasteiger partial charge >= 0.3 is 5.97 Å². The molecule has 0 aliphatic heterocycles. The smallest absolute Gasteiger partial charge is 0.338 e. The summed E-state index contributed by atoms with van der Waals surface area (Å²) in [5.74, 6) is -0.00509. The highest BCUT2D eigenvalue weighted by molar-refractivity contribution is 7.86. The Morgan fingerprint density at radius 1 is 1.07 bits per heavy atom. The van der Waals surface area contributed by atoms with Crippen LogP contribution in [0.2, 0.25) is 0 Å². The Labute approximate surface area is 167 Å². The van der Waals surface area contributed by atoms with Gasteiger partial charge in [0.25, 0.3) is 15.8 Å². The molecule has 28 heavy (non-hydrogen) atoms. The number of esters is 1. The number of benzene rings is 1. The summed E-state index contributed by atoms with van der Waals surface area (Å²) in [6.07, 6.45) is -1.86. The molecule has 0 N–H and O–H groups in total. The molecule has 9 nitrogen and oxygen atoms in total. The van der Waals surface area contributed by atoms with Crippen LogP contribution >= 0.6 is 0 Å². The van der Waals surface area contributed by atoms with E-state index in [1.807, 2.05) is 13.8 Å². The van der Waals surface area contributed by atoms with Crippen molar-refractivity contribution in [3.63, 3.8) is 0 Å². The molecule has 1 rings (SSSR count). The number of carbonyl (C=O) groups is 1. The fourth-order valence-electron chi connectivity index (χ4n) is 1.71. The molecule has 0 amide bonds. The Balaban J connectivity index is 0. The monoisotopic (exact) mass is 421 g/mol. The zero-order chi connectivity index (χ0) is 22.5. The maximum Gasteiger partial charge on any atom is 0.338 e. The summed E-state index contributed by atoms with van der Waals surface area (Å²) in [5, 5.41) is 10.6. The van der Waals surface area contributed by atoms with Gasteiger partial charge in [0.05, 0.1) is 18.3 Å². The summed E-state index contributed by atoms with van der Waals surface area (Å²) in [7, 11) is -1.62. The van der Waals surface area contributed by atoms with E-state index in [2.05, 4.69) is 25.5 Å². The number of non-ortho nitro benzene ring substituents is 1. The Hall–Kier alpha value is -2.04. The van der Waals surface area contributed by atoms with E-state index in [0.29, 0.717) is 0 Å². The number of methoxy groups -OCH3 is 2. The van der Waals surface area contributed by atoms with Gasteiger partial charge in [-0.15, -0.1) is 0 Å². The molecule has 0 saturated carbocycles. The van der Waals surface area contributed by atoms with Crippen molar-refractivity contribution in [1.29, 1.82) is 0 Å². The van der Waals surface area contributed by atoms with Gasteiger partial charge in [-0.1, -0.05) is 34.6 Å². The van der Waals surface area contributed by atoms with Crippen LogP contribution in [0.15, 0.2) is 24.3 Å². The average molecular weight is 422 g/mol. The number of nitrogens with zero attached hydrogens (tertiary/aromatic N) is 1. The summed E-state index contributed by atoms with van der Waals surface area (Å²) in [6.45, 7) is 10.5. The van der Waals surface area contributed by atoms with Crippen LogP contribution in [-0.2, 0) is 28.6 Å². The Morgan fingerprint density at radius 3 is 1.79 bits per heavy atom. The van der Waals surface area contributed by atoms with Crippen LogP contribution in [0.25, 0.3) is 0 Å². The summed E-state index contributed by atoms with van der Waals surface area (Å²) in [6, 6.07) is 4.89. The number of carbonyl (C=O) groups excluding carboxylic acids is 1. The van der Waals surface area contributed by atoms with Gasteiger partial charge in [-0.2, -0.15) is 8.42 Å². The van der Waals surface area contributed by atoms with Crippen molar-refractivity contribution in [3.05, 3.63) is 39.9 Å². The van der Waals surface area contributed by atoms with Gasteiger partial charge in [0.2, 0.25) is 0 Å². The predicted octanol–water partition coefficient (Wildman–Crippen LogP) is 3.49. The van der Waals surface area contributed by atoms with Gasteiger partial charge in [-0.3, -0.25) is 14.3 Å². The summed E-state index contributed by atoms with van der Waals surface area (Å²) in [5.41, 5.74) is 0.0298. The molecule has 1 aromatic carbocycles. The van der Waals surface area contributed by atoms with Crippen molar-refractivity contribution in [3.8, 4) is 0 Å².